The Morgan fingerprint density at radius 1 is 1.25 bits per heavy atom. The van der Waals surface area contributed by atoms with Crippen LogP contribution in [0.25, 0.3) is 0 Å². The first kappa shape index (κ1) is 22.4. The number of aromatic hydroxyl groups is 1. The fraction of sp³-hybridized carbons (Fsp3) is 0.571. The molecule has 2 saturated carbocycles. The van der Waals surface area contributed by atoms with Crippen LogP contribution in [0.3, 0.4) is 0 Å². The summed E-state index contributed by atoms with van der Waals surface area (Å²) < 4.78 is 17.6. The summed E-state index contributed by atoms with van der Waals surface area (Å²) in [5.74, 6) is 0.570. The first-order chi connectivity index (χ1) is 17.4. The van der Waals surface area contributed by atoms with Crippen LogP contribution >= 0.6 is 0 Å². The normalized spacial score (nSPS) is 39.1. The summed E-state index contributed by atoms with van der Waals surface area (Å²) in [6.45, 7) is 2.10. The Hall–Kier alpha value is -2.84. The number of carbonyl (C=O) groups excluding carboxylic acids is 2. The lowest BCUT2D eigenvalue weighted by atomic mass is 9.38. The van der Waals surface area contributed by atoms with Crippen LogP contribution in [0.15, 0.2) is 36.4 Å². The van der Waals surface area contributed by atoms with E-state index in [0.29, 0.717) is 12.2 Å². The molecule has 8 nitrogen and oxygen atoms in total. The maximum Gasteiger partial charge on any atom is 0.330 e. The Balaban J connectivity index is 1.36. The monoisotopic (exact) mass is 492 g/mol. The molecule has 5 aliphatic carbocycles. The summed E-state index contributed by atoms with van der Waals surface area (Å²) in [4.78, 5) is 27.2. The van der Waals surface area contributed by atoms with Gasteiger partial charge in [-0.3, -0.25) is 9.69 Å². The van der Waals surface area contributed by atoms with Crippen LogP contribution < -0.4 is 10.1 Å². The first-order valence-electron chi connectivity index (χ1n) is 13.0. The fourth-order valence-corrected chi connectivity index (χ4v) is 8.37. The van der Waals surface area contributed by atoms with Crippen LogP contribution in [0, 0.1) is 11.3 Å². The third-order valence-corrected chi connectivity index (χ3v) is 9.99. The molecular weight excluding hydrogens is 460 g/mol. The molecule has 1 aromatic carbocycles. The highest BCUT2D eigenvalue weighted by atomic mass is 16.6. The summed E-state index contributed by atoms with van der Waals surface area (Å²) >= 11 is 0. The molecule has 8 heteroatoms. The minimum atomic E-state index is -0.903. The van der Waals surface area contributed by atoms with Gasteiger partial charge in [-0.1, -0.05) is 18.2 Å². The SMILES string of the molecule is COC(=O)C=CC(=O)N[C@H]1C[C@@]23C=CC1(OC)[C@@H]1Oc4c(O)ccc5c4[C@@]12CCN(CC1CC1)[C@@H]3C5. The maximum atomic E-state index is 12.9. The van der Waals surface area contributed by atoms with E-state index in [9.17, 15) is 14.7 Å². The number of ether oxygens (including phenoxy) is 3. The van der Waals surface area contributed by atoms with Crippen molar-refractivity contribution in [3.63, 3.8) is 0 Å². The summed E-state index contributed by atoms with van der Waals surface area (Å²) in [7, 11) is 2.94. The van der Waals surface area contributed by atoms with E-state index in [2.05, 4.69) is 33.2 Å². The molecule has 0 radical (unpaired) electrons. The van der Waals surface area contributed by atoms with Crippen molar-refractivity contribution in [2.45, 2.75) is 61.3 Å². The highest BCUT2D eigenvalue weighted by Crippen LogP contribution is 2.73. The van der Waals surface area contributed by atoms with Gasteiger partial charge in [-0.25, -0.2) is 4.79 Å². The summed E-state index contributed by atoms with van der Waals surface area (Å²) in [6, 6.07) is 3.75. The number of esters is 1. The van der Waals surface area contributed by atoms with E-state index in [4.69, 9.17) is 9.47 Å². The zero-order chi connectivity index (χ0) is 24.9. The highest BCUT2D eigenvalue weighted by molar-refractivity contribution is 5.94. The Labute approximate surface area is 210 Å². The molecule has 36 heavy (non-hydrogen) atoms. The number of benzene rings is 1. The van der Waals surface area contributed by atoms with Gasteiger partial charge in [0.1, 0.15) is 11.7 Å². The van der Waals surface area contributed by atoms with Crippen molar-refractivity contribution >= 4 is 11.9 Å². The fourth-order valence-electron chi connectivity index (χ4n) is 8.37. The molecule has 8 rings (SSSR count). The third-order valence-electron chi connectivity index (χ3n) is 9.99. The van der Waals surface area contributed by atoms with Crippen molar-refractivity contribution in [2.75, 3.05) is 27.3 Å². The van der Waals surface area contributed by atoms with Crippen molar-refractivity contribution in [2.24, 2.45) is 11.3 Å². The number of rotatable bonds is 6. The number of likely N-dealkylation sites (tertiary alicyclic amines) is 1. The van der Waals surface area contributed by atoms with Crippen molar-refractivity contribution in [3.05, 3.63) is 47.6 Å². The zero-order valence-corrected chi connectivity index (χ0v) is 20.7. The first-order valence-corrected chi connectivity index (χ1v) is 13.0. The molecule has 1 unspecified atom stereocenters. The van der Waals surface area contributed by atoms with Gasteiger partial charge in [0.15, 0.2) is 11.5 Å². The quantitative estimate of drug-likeness (QED) is 0.356. The van der Waals surface area contributed by atoms with E-state index in [1.165, 1.54) is 31.6 Å². The summed E-state index contributed by atoms with van der Waals surface area (Å²) in [6.07, 6.45) is 11.5. The van der Waals surface area contributed by atoms with Gasteiger partial charge in [-0.05, 0) is 56.2 Å². The molecular formula is C28H32N2O6. The van der Waals surface area contributed by atoms with Crippen LogP contribution in [0.4, 0.5) is 0 Å². The predicted molar refractivity (Wildman–Crippen MR) is 130 cm³/mol. The Morgan fingerprint density at radius 2 is 2.08 bits per heavy atom. The number of piperidine rings is 1. The molecule has 2 N–H and O–H groups in total. The number of hydrogen-bond donors (Lipinski definition) is 2. The number of carbonyl (C=O) groups is 2. The molecule has 2 aliphatic heterocycles. The average Bonchev–Trinajstić information content (AvgIpc) is 3.62. The zero-order valence-electron chi connectivity index (χ0n) is 20.7. The van der Waals surface area contributed by atoms with E-state index in [0.717, 1.165) is 43.5 Å². The van der Waals surface area contributed by atoms with Gasteiger partial charge in [0.25, 0.3) is 0 Å². The Kier molecular flexibility index (Phi) is 4.57. The molecule has 1 amide bonds. The molecule has 3 fully saturated rings. The van der Waals surface area contributed by atoms with Crippen molar-refractivity contribution in [3.8, 4) is 11.5 Å². The Morgan fingerprint density at radius 3 is 2.83 bits per heavy atom. The number of nitrogens with one attached hydrogen (secondary N) is 1. The smallest absolute Gasteiger partial charge is 0.330 e. The molecule has 7 aliphatic rings. The number of hydrogen-bond acceptors (Lipinski definition) is 7. The van der Waals surface area contributed by atoms with Crippen LogP contribution in [0.1, 0.15) is 36.8 Å². The number of methoxy groups -OCH3 is 2. The lowest BCUT2D eigenvalue weighted by Crippen LogP contribution is -2.82. The number of fused-ring (bicyclic) bond motifs is 1. The van der Waals surface area contributed by atoms with E-state index in [1.54, 1.807) is 13.2 Å². The van der Waals surface area contributed by atoms with Crippen LogP contribution in [-0.2, 0) is 30.9 Å². The van der Waals surface area contributed by atoms with Crippen molar-refractivity contribution < 1.29 is 28.9 Å². The summed E-state index contributed by atoms with van der Waals surface area (Å²) in [5.41, 5.74) is 0.917. The van der Waals surface area contributed by atoms with Gasteiger partial charge < -0.3 is 24.6 Å². The van der Waals surface area contributed by atoms with Crippen LogP contribution in [0.5, 0.6) is 11.5 Å². The molecule has 2 heterocycles. The second-order valence-electron chi connectivity index (χ2n) is 11.4. The lowest BCUT2D eigenvalue weighted by Gasteiger charge is -2.71. The minimum Gasteiger partial charge on any atom is -0.504 e. The topological polar surface area (TPSA) is 97.3 Å². The van der Waals surface area contributed by atoms with Crippen LogP contribution in [-0.4, -0.2) is 73.0 Å². The highest BCUT2D eigenvalue weighted by Gasteiger charge is 2.79. The van der Waals surface area contributed by atoms with Gasteiger partial charge in [0.05, 0.1) is 18.6 Å². The number of phenols is 1. The Bertz CT molecular complexity index is 1220. The van der Waals surface area contributed by atoms with E-state index in [-0.39, 0.29) is 40.7 Å². The van der Waals surface area contributed by atoms with Crippen molar-refractivity contribution in [1.29, 1.82) is 0 Å². The predicted octanol–water partition coefficient (Wildman–Crippen LogP) is 1.99. The summed E-state index contributed by atoms with van der Waals surface area (Å²) in [5, 5.41) is 14.0. The van der Waals surface area contributed by atoms with Gasteiger partial charge >= 0.3 is 5.97 Å². The second-order valence-corrected chi connectivity index (χ2v) is 11.4. The minimum absolute atomic E-state index is 0.166. The molecule has 190 valence electrons. The third kappa shape index (κ3) is 2.61. The second kappa shape index (κ2) is 7.35. The van der Waals surface area contributed by atoms with Gasteiger partial charge in [0, 0.05) is 42.8 Å². The van der Waals surface area contributed by atoms with E-state index in [1.807, 2.05) is 0 Å². The van der Waals surface area contributed by atoms with E-state index >= 15 is 0 Å². The number of phenolic OH excluding ortho intramolecular Hbond substituents is 1. The standard InChI is InChI=1S/C28H32N2O6/c1-34-22(33)8-7-21(32)29-19-14-26-9-10-28(19,35-2)25-27(26)11-12-30(15-16-3-4-16)20(26)13-17-5-6-18(31)24(36-25)23(17)27/h5-10,16,19-20,25,31H,3-4,11-15H2,1-2H3,(H,29,32)/t19-,20+,25+,26+,27-,28?/m0/s1. The molecule has 1 aromatic rings. The molecule has 4 bridgehead atoms. The average molecular weight is 493 g/mol. The van der Waals surface area contributed by atoms with E-state index < -0.39 is 11.6 Å². The molecule has 6 atom stereocenters. The number of nitrogens with zero attached hydrogens (tertiary/aromatic N) is 1. The molecule has 2 spiro atoms. The van der Waals surface area contributed by atoms with Gasteiger partial charge in [0.2, 0.25) is 5.91 Å². The van der Waals surface area contributed by atoms with Crippen LogP contribution in [0.2, 0.25) is 0 Å². The van der Waals surface area contributed by atoms with Gasteiger partial charge in [-0.15, -0.1) is 0 Å². The largest absolute Gasteiger partial charge is 0.504 e. The number of amides is 1. The van der Waals surface area contributed by atoms with Gasteiger partial charge in [-0.2, -0.15) is 0 Å². The molecule has 1 saturated heterocycles. The molecule has 0 aromatic heterocycles. The lowest BCUT2D eigenvalue weighted by molar-refractivity contribution is -0.203. The maximum absolute atomic E-state index is 12.9. The van der Waals surface area contributed by atoms with Crippen molar-refractivity contribution in [1.82, 2.24) is 10.2 Å².